The van der Waals surface area contributed by atoms with Crippen LogP contribution in [0.2, 0.25) is 0 Å². The SMILES string of the molecule is CC(C)CNC(=O)C(C)Oc1cccnc1[N+](=O)[O-]. The molecule has 1 N–H and O–H groups in total. The van der Waals surface area contributed by atoms with Gasteiger partial charge < -0.3 is 20.2 Å². The second-order valence-corrected chi connectivity index (χ2v) is 4.48. The summed E-state index contributed by atoms with van der Waals surface area (Å²) in [6.45, 7) is 6.00. The van der Waals surface area contributed by atoms with Crippen LogP contribution >= 0.6 is 0 Å². The minimum Gasteiger partial charge on any atom is -0.473 e. The Morgan fingerprint density at radius 2 is 2.21 bits per heavy atom. The van der Waals surface area contributed by atoms with Crippen LogP contribution in [-0.4, -0.2) is 28.5 Å². The van der Waals surface area contributed by atoms with E-state index in [4.69, 9.17) is 4.74 Å². The minimum atomic E-state index is -0.818. The summed E-state index contributed by atoms with van der Waals surface area (Å²) in [5.74, 6) is -0.401. The Bertz CT molecular complexity index is 462. The number of rotatable bonds is 6. The topological polar surface area (TPSA) is 94.4 Å². The molecule has 0 aliphatic heterocycles. The van der Waals surface area contributed by atoms with E-state index in [2.05, 4.69) is 10.3 Å². The molecule has 0 saturated carbocycles. The summed E-state index contributed by atoms with van der Waals surface area (Å²) in [6.07, 6.45) is 0.482. The van der Waals surface area contributed by atoms with Crippen molar-refractivity contribution in [3.05, 3.63) is 28.4 Å². The van der Waals surface area contributed by atoms with Crippen molar-refractivity contribution in [2.24, 2.45) is 5.92 Å². The van der Waals surface area contributed by atoms with Crippen molar-refractivity contribution in [1.29, 1.82) is 0 Å². The average molecular weight is 267 g/mol. The summed E-state index contributed by atoms with van der Waals surface area (Å²) in [4.78, 5) is 25.4. The van der Waals surface area contributed by atoms with Gasteiger partial charge in [-0.05, 0) is 34.9 Å². The van der Waals surface area contributed by atoms with Gasteiger partial charge in [-0.25, -0.2) is 0 Å². The molecule has 0 saturated heterocycles. The van der Waals surface area contributed by atoms with Crippen LogP contribution in [0.1, 0.15) is 20.8 Å². The number of aromatic nitrogens is 1. The molecule has 0 bridgehead atoms. The number of pyridine rings is 1. The van der Waals surface area contributed by atoms with Crippen LogP contribution < -0.4 is 10.1 Å². The zero-order valence-electron chi connectivity index (χ0n) is 11.1. The summed E-state index contributed by atoms with van der Waals surface area (Å²) in [6, 6.07) is 2.93. The first-order valence-corrected chi connectivity index (χ1v) is 5.95. The quantitative estimate of drug-likeness (QED) is 0.623. The molecule has 0 radical (unpaired) electrons. The molecule has 1 unspecified atom stereocenters. The van der Waals surface area contributed by atoms with Gasteiger partial charge in [0.2, 0.25) is 5.75 Å². The second kappa shape index (κ2) is 6.67. The first kappa shape index (κ1) is 14.9. The van der Waals surface area contributed by atoms with Crippen molar-refractivity contribution in [2.75, 3.05) is 6.54 Å². The fourth-order valence-electron chi connectivity index (χ4n) is 1.30. The minimum absolute atomic E-state index is 0.0142. The number of amides is 1. The van der Waals surface area contributed by atoms with Crippen molar-refractivity contribution < 1.29 is 14.5 Å². The van der Waals surface area contributed by atoms with E-state index in [0.717, 1.165) is 0 Å². The first-order chi connectivity index (χ1) is 8.91. The van der Waals surface area contributed by atoms with Crippen LogP contribution in [-0.2, 0) is 4.79 Å². The second-order valence-electron chi connectivity index (χ2n) is 4.48. The number of nitrogens with one attached hydrogen (secondary N) is 1. The third-order valence-electron chi connectivity index (χ3n) is 2.28. The predicted octanol–water partition coefficient (Wildman–Crippen LogP) is 1.53. The highest BCUT2D eigenvalue weighted by molar-refractivity contribution is 5.80. The Hall–Kier alpha value is -2.18. The molecule has 1 heterocycles. The molecule has 1 amide bonds. The molecule has 104 valence electrons. The Balaban J connectivity index is 2.69. The molecule has 19 heavy (non-hydrogen) atoms. The molecule has 7 nitrogen and oxygen atoms in total. The average Bonchev–Trinajstić information content (AvgIpc) is 2.36. The van der Waals surface area contributed by atoms with Gasteiger partial charge >= 0.3 is 5.82 Å². The molecule has 1 rings (SSSR count). The molecule has 0 aliphatic rings. The summed E-state index contributed by atoms with van der Waals surface area (Å²) in [5, 5.41) is 13.4. The van der Waals surface area contributed by atoms with Gasteiger partial charge in [0.15, 0.2) is 6.10 Å². The van der Waals surface area contributed by atoms with Gasteiger partial charge in [-0.15, -0.1) is 0 Å². The van der Waals surface area contributed by atoms with E-state index in [-0.39, 0.29) is 11.7 Å². The van der Waals surface area contributed by atoms with Gasteiger partial charge in [0.1, 0.15) is 6.20 Å². The highest BCUT2D eigenvalue weighted by Crippen LogP contribution is 2.23. The number of nitrogens with zero attached hydrogens (tertiary/aromatic N) is 2. The third kappa shape index (κ3) is 4.53. The van der Waals surface area contributed by atoms with Gasteiger partial charge in [0.05, 0.1) is 0 Å². The van der Waals surface area contributed by atoms with Gasteiger partial charge in [-0.2, -0.15) is 0 Å². The summed E-state index contributed by atoms with van der Waals surface area (Å²) in [7, 11) is 0. The molecule has 0 aliphatic carbocycles. The fourth-order valence-corrected chi connectivity index (χ4v) is 1.30. The number of hydrogen-bond donors (Lipinski definition) is 1. The lowest BCUT2D eigenvalue weighted by Gasteiger charge is -2.15. The van der Waals surface area contributed by atoms with Crippen molar-refractivity contribution in [2.45, 2.75) is 26.9 Å². The molecule has 1 aromatic rings. The number of hydrogen-bond acceptors (Lipinski definition) is 5. The maximum atomic E-state index is 11.7. The van der Waals surface area contributed by atoms with Crippen LogP contribution in [0.15, 0.2) is 18.3 Å². The van der Waals surface area contributed by atoms with Gasteiger partial charge in [0, 0.05) is 6.54 Å². The molecular weight excluding hydrogens is 250 g/mol. The third-order valence-corrected chi connectivity index (χ3v) is 2.28. The monoisotopic (exact) mass is 267 g/mol. The van der Waals surface area contributed by atoms with Crippen LogP contribution in [0.5, 0.6) is 5.75 Å². The van der Waals surface area contributed by atoms with E-state index in [0.29, 0.717) is 12.5 Å². The number of carbonyl (C=O) groups is 1. The normalized spacial score (nSPS) is 12.0. The van der Waals surface area contributed by atoms with Gasteiger partial charge in [-0.3, -0.25) is 4.79 Å². The summed E-state index contributed by atoms with van der Waals surface area (Å²) < 4.78 is 5.28. The standard InChI is InChI=1S/C12H17N3O4/c1-8(2)7-14-12(16)9(3)19-10-5-4-6-13-11(10)15(17)18/h4-6,8-9H,7H2,1-3H3,(H,14,16). The highest BCUT2D eigenvalue weighted by Gasteiger charge is 2.21. The van der Waals surface area contributed by atoms with E-state index < -0.39 is 16.8 Å². The number of nitro groups is 1. The summed E-state index contributed by atoms with van der Waals surface area (Å²) >= 11 is 0. The van der Waals surface area contributed by atoms with Crippen molar-refractivity contribution in [3.8, 4) is 5.75 Å². The van der Waals surface area contributed by atoms with E-state index >= 15 is 0 Å². The van der Waals surface area contributed by atoms with E-state index in [1.165, 1.54) is 25.3 Å². The van der Waals surface area contributed by atoms with Crippen LogP contribution in [0.3, 0.4) is 0 Å². The smallest absolute Gasteiger partial charge is 0.406 e. The van der Waals surface area contributed by atoms with Crippen LogP contribution in [0.4, 0.5) is 5.82 Å². The Morgan fingerprint density at radius 1 is 1.53 bits per heavy atom. The number of carbonyl (C=O) groups excluding carboxylic acids is 1. The largest absolute Gasteiger partial charge is 0.473 e. The Labute approximate surface area is 111 Å². The highest BCUT2D eigenvalue weighted by atomic mass is 16.6. The van der Waals surface area contributed by atoms with Crippen molar-refractivity contribution in [3.63, 3.8) is 0 Å². The van der Waals surface area contributed by atoms with Crippen molar-refractivity contribution in [1.82, 2.24) is 10.3 Å². The summed E-state index contributed by atoms with van der Waals surface area (Å²) in [5.41, 5.74) is 0. The lowest BCUT2D eigenvalue weighted by molar-refractivity contribution is -0.390. The van der Waals surface area contributed by atoms with Gasteiger partial charge in [-0.1, -0.05) is 13.8 Å². The van der Waals surface area contributed by atoms with Crippen molar-refractivity contribution >= 4 is 11.7 Å². The molecule has 0 fully saturated rings. The molecule has 0 aromatic carbocycles. The molecule has 1 atom stereocenters. The molecular formula is C12H17N3O4. The maximum absolute atomic E-state index is 11.7. The van der Waals surface area contributed by atoms with E-state index in [9.17, 15) is 14.9 Å². The molecule has 1 aromatic heterocycles. The zero-order valence-corrected chi connectivity index (χ0v) is 11.1. The zero-order chi connectivity index (χ0) is 14.4. The lowest BCUT2D eigenvalue weighted by Crippen LogP contribution is -2.38. The first-order valence-electron chi connectivity index (χ1n) is 5.95. The lowest BCUT2D eigenvalue weighted by atomic mass is 10.2. The van der Waals surface area contributed by atoms with Crippen LogP contribution in [0, 0.1) is 16.0 Å². The number of ether oxygens (including phenoxy) is 1. The molecule has 0 spiro atoms. The van der Waals surface area contributed by atoms with Gasteiger partial charge in [0.25, 0.3) is 5.91 Å². The maximum Gasteiger partial charge on any atom is 0.406 e. The Morgan fingerprint density at radius 3 is 2.79 bits per heavy atom. The fraction of sp³-hybridized carbons (Fsp3) is 0.500. The molecule has 7 heteroatoms. The van der Waals surface area contributed by atoms with Crippen LogP contribution in [0.25, 0.3) is 0 Å². The van der Waals surface area contributed by atoms with E-state index in [1.807, 2.05) is 13.8 Å². The Kier molecular flexibility index (Phi) is 5.23. The predicted molar refractivity (Wildman–Crippen MR) is 68.8 cm³/mol. The van der Waals surface area contributed by atoms with E-state index in [1.54, 1.807) is 0 Å².